The van der Waals surface area contributed by atoms with Crippen LogP contribution in [0, 0.1) is 6.26 Å². The number of hydrogen-bond acceptors (Lipinski definition) is 6. The first-order valence-corrected chi connectivity index (χ1v) is 5.77. The molecule has 0 aromatic carbocycles. The molecule has 8 heteroatoms. The summed E-state index contributed by atoms with van der Waals surface area (Å²) in [7, 11) is 1.48. The molecule has 1 aliphatic rings. The molecule has 0 aliphatic carbocycles. The summed E-state index contributed by atoms with van der Waals surface area (Å²) in [4.78, 5) is 19.7. The second-order valence-corrected chi connectivity index (χ2v) is 3.35. The van der Waals surface area contributed by atoms with Crippen LogP contribution in [0.1, 0.15) is 25.4 Å². The second kappa shape index (κ2) is 18.8. The zero-order chi connectivity index (χ0) is 17.3. The Bertz CT molecular complexity index is 577. The van der Waals surface area contributed by atoms with E-state index in [-0.39, 0.29) is 25.3 Å². The fraction of sp³-hybridized carbons (Fsp3) is 0.176. The third kappa shape index (κ3) is 12.9. The number of hydrogen-bond donors (Lipinski definition) is 0. The van der Waals surface area contributed by atoms with Gasteiger partial charge in [0.2, 0.25) is 6.26 Å². The van der Waals surface area contributed by atoms with Crippen LogP contribution in [0.25, 0.3) is 0 Å². The van der Waals surface area contributed by atoms with Gasteiger partial charge < -0.3 is 13.6 Å². The van der Waals surface area contributed by atoms with Gasteiger partial charge in [-0.2, -0.15) is 0 Å². The first-order valence-electron chi connectivity index (χ1n) is 6.15. The molecule has 0 saturated heterocycles. The van der Waals surface area contributed by atoms with Crippen LogP contribution in [0.15, 0.2) is 63.5 Å². The number of aldehydes is 2. The summed E-state index contributed by atoms with van der Waals surface area (Å²) in [5.41, 5.74) is 0. The molecular weight excluding hydrogens is 338 g/mol. The molecule has 1 aliphatic heterocycles. The van der Waals surface area contributed by atoms with Crippen molar-refractivity contribution in [2.75, 3.05) is 7.11 Å². The molecule has 0 amide bonds. The standard InChI is InChI=1S/C6H6O3.C5H3O2.C4H4O.2CH4.2FH/c1-8-6-3-2-5(4-7)9-6;6-4-5-2-1-3-7-5;1-2-4-5-3-1;;;;/h2-4H,1H3;1-2,4H;1-4H;2*1H4;2*1H/q;+1;;;;;/i/hD. The Labute approximate surface area is 147 Å². The van der Waals surface area contributed by atoms with Crippen molar-refractivity contribution in [2.45, 2.75) is 14.9 Å². The third-order valence-electron chi connectivity index (χ3n) is 1.95. The Balaban J connectivity index is -0.000000130. The molecule has 2 aromatic heterocycles. The molecular formula is C17H23F2O6+. The van der Waals surface area contributed by atoms with E-state index in [1.54, 1.807) is 36.8 Å². The first-order chi connectivity index (χ1) is 11.3. The SMILES string of the molecule is C.C.COc1ccc(C=O)o1.F.O=CC1=CC=[C+]O1.[2H]F.c1ccoc1. The van der Waals surface area contributed by atoms with E-state index in [2.05, 4.69) is 21.6 Å². The normalized spacial score (nSPS) is 9.20. The lowest BCUT2D eigenvalue weighted by atomic mass is 10.5. The lowest BCUT2D eigenvalue weighted by Crippen LogP contribution is -1.78. The van der Waals surface area contributed by atoms with E-state index < -0.39 is 0 Å². The van der Waals surface area contributed by atoms with E-state index in [1.807, 2.05) is 12.1 Å². The van der Waals surface area contributed by atoms with Crippen molar-refractivity contribution in [3.05, 3.63) is 66.7 Å². The second-order valence-electron chi connectivity index (χ2n) is 3.35. The van der Waals surface area contributed by atoms with Crippen molar-refractivity contribution in [3.63, 3.8) is 0 Å². The Kier molecular flexibility index (Phi) is 20.0. The number of halogens is 2. The van der Waals surface area contributed by atoms with Crippen LogP contribution < -0.4 is 4.74 Å². The van der Waals surface area contributed by atoms with Crippen molar-refractivity contribution < 1.29 is 37.3 Å². The fourth-order valence-electron chi connectivity index (χ4n) is 1.05. The van der Waals surface area contributed by atoms with Crippen molar-refractivity contribution in [2.24, 2.45) is 0 Å². The Morgan fingerprint density at radius 1 is 1.12 bits per heavy atom. The minimum atomic E-state index is 0. The highest BCUT2D eigenvalue weighted by molar-refractivity contribution is 5.71. The average molecular weight is 362 g/mol. The molecule has 25 heavy (non-hydrogen) atoms. The summed E-state index contributed by atoms with van der Waals surface area (Å²) < 4.78 is 31.5. The summed E-state index contributed by atoms with van der Waals surface area (Å²) in [5.74, 6) is 0.962. The maximum atomic E-state index is 9.99. The predicted molar refractivity (Wildman–Crippen MR) is 90.9 cm³/mol. The van der Waals surface area contributed by atoms with Gasteiger partial charge in [-0.15, -0.1) is 0 Å². The van der Waals surface area contributed by atoms with Crippen LogP contribution in [-0.4, -0.2) is 21.1 Å². The number of carbonyl (C=O) groups is 2. The molecule has 0 atom stereocenters. The van der Waals surface area contributed by atoms with E-state index >= 15 is 0 Å². The highest BCUT2D eigenvalue weighted by atomic mass is 19.0. The average Bonchev–Trinajstić information content (AvgIpc) is 3.41. The topological polar surface area (TPSA) is 78.9 Å². The predicted octanol–water partition coefficient (Wildman–Crippen LogP) is 4.37. The molecule has 0 spiro atoms. The van der Waals surface area contributed by atoms with Crippen LogP contribution in [0.3, 0.4) is 0 Å². The van der Waals surface area contributed by atoms with Gasteiger partial charge in [0.1, 0.15) is 6.08 Å². The minimum absolute atomic E-state index is 0. The Morgan fingerprint density at radius 2 is 1.76 bits per heavy atom. The van der Waals surface area contributed by atoms with Gasteiger partial charge in [0, 0.05) is 6.07 Å². The zero-order valence-corrected chi connectivity index (χ0v) is 12.0. The summed E-state index contributed by atoms with van der Waals surface area (Å²) >= 11 is 0. The Hall–Kier alpha value is -3.25. The summed E-state index contributed by atoms with van der Waals surface area (Å²) in [6.07, 6.45) is 9.98. The number of furan rings is 2. The van der Waals surface area contributed by atoms with Gasteiger partial charge in [-0.25, -0.2) is 0 Å². The molecule has 0 radical (unpaired) electrons. The van der Waals surface area contributed by atoms with Crippen LogP contribution in [0.5, 0.6) is 5.95 Å². The number of carbonyl (C=O) groups excluding carboxylic acids is 2. The molecule has 3 rings (SSSR count). The molecule has 6 nitrogen and oxygen atoms in total. The lowest BCUT2D eigenvalue weighted by molar-refractivity contribution is -0.107. The molecule has 140 valence electrons. The van der Waals surface area contributed by atoms with E-state index in [1.165, 1.54) is 7.11 Å². The van der Waals surface area contributed by atoms with Gasteiger partial charge in [-0.05, 0) is 18.2 Å². The highest BCUT2D eigenvalue weighted by Crippen LogP contribution is 2.12. The first kappa shape index (κ1) is 26.6. The van der Waals surface area contributed by atoms with Crippen LogP contribution in [-0.2, 0) is 9.53 Å². The molecule has 0 saturated carbocycles. The monoisotopic (exact) mass is 362 g/mol. The minimum Gasteiger partial charge on any atom is -0.473 e. The van der Waals surface area contributed by atoms with E-state index in [0.29, 0.717) is 24.3 Å². The van der Waals surface area contributed by atoms with Gasteiger partial charge >= 0.3 is 5.76 Å². The van der Waals surface area contributed by atoms with Gasteiger partial charge in [-0.3, -0.25) is 23.7 Å². The Morgan fingerprint density at radius 3 is 2.00 bits per heavy atom. The molecule has 0 unspecified atom stereocenters. The number of ether oxygens (including phenoxy) is 2. The molecule has 3 heterocycles. The molecule has 0 bridgehead atoms. The highest BCUT2D eigenvalue weighted by Gasteiger charge is 2.08. The smallest absolute Gasteiger partial charge is 0.331 e. The quantitative estimate of drug-likeness (QED) is 0.596. The van der Waals surface area contributed by atoms with Crippen molar-refractivity contribution in [1.29, 1.82) is 1.45 Å². The van der Waals surface area contributed by atoms with E-state index in [9.17, 15) is 9.59 Å². The fourth-order valence-corrected chi connectivity index (χ4v) is 1.05. The van der Waals surface area contributed by atoms with E-state index in [4.69, 9.17) is 9.13 Å². The molecule has 0 fully saturated rings. The molecule has 2 aromatic rings. The van der Waals surface area contributed by atoms with Gasteiger partial charge in [0.05, 0.1) is 19.6 Å². The third-order valence-corrected chi connectivity index (χ3v) is 1.95. The zero-order valence-electron chi connectivity index (χ0n) is 13.0. The summed E-state index contributed by atoms with van der Waals surface area (Å²) in [5, 5.41) is 0. The van der Waals surface area contributed by atoms with Crippen molar-refractivity contribution in [3.8, 4) is 5.95 Å². The van der Waals surface area contributed by atoms with Crippen LogP contribution >= 0.6 is 0 Å². The van der Waals surface area contributed by atoms with Gasteiger partial charge in [-0.1, -0.05) is 14.9 Å². The number of rotatable bonds is 3. The van der Waals surface area contributed by atoms with Gasteiger partial charge in [0.25, 0.3) is 13.7 Å². The number of allylic oxidation sites excluding steroid dienone is 3. The molecule has 0 N–H and O–H groups in total. The number of methoxy groups -OCH3 is 1. The van der Waals surface area contributed by atoms with Crippen molar-refractivity contribution >= 4 is 12.6 Å². The maximum absolute atomic E-state index is 9.99. The van der Waals surface area contributed by atoms with Gasteiger partial charge in [0.15, 0.2) is 18.1 Å². The largest absolute Gasteiger partial charge is 0.473 e. The van der Waals surface area contributed by atoms with Crippen molar-refractivity contribution in [1.82, 2.24) is 0 Å². The van der Waals surface area contributed by atoms with Crippen LogP contribution in [0.2, 0.25) is 0 Å². The van der Waals surface area contributed by atoms with Crippen LogP contribution in [0.4, 0.5) is 9.42 Å². The van der Waals surface area contributed by atoms with E-state index in [0.717, 1.165) is 0 Å². The summed E-state index contributed by atoms with van der Waals surface area (Å²) in [6, 6.07) is 6.80. The lowest BCUT2D eigenvalue weighted by Gasteiger charge is -1.87. The maximum Gasteiger partial charge on any atom is 0.331 e. The summed E-state index contributed by atoms with van der Waals surface area (Å²) in [6.45, 7) is 0.